The average molecular weight is 423 g/mol. The fourth-order valence-corrected chi connectivity index (χ4v) is 4.17. The number of ether oxygens (including phenoxy) is 1. The number of nitrogens with zero attached hydrogens (tertiary/aromatic N) is 2. The third kappa shape index (κ3) is 3.70. The molecule has 0 saturated heterocycles. The molecule has 21 heavy (non-hydrogen) atoms. The van der Waals surface area contributed by atoms with Crippen LogP contribution in [0.15, 0.2) is 0 Å². The number of halogens is 2. The van der Waals surface area contributed by atoms with Crippen molar-refractivity contribution in [1.29, 1.82) is 0 Å². The van der Waals surface area contributed by atoms with Crippen LogP contribution >= 0.6 is 34.2 Å². The van der Waals surface area contributed by atoms with Crippen molar-refractivity contribution < 1.29 is 4.74 Å². The van der Waals surface area contributed by atoms with Crippen molar-refractivity contribution in [3.05, 3.63) is 20.2 Å². The fourth-order valence-electron chi connectivity index (χ4n) is 2.95. The van der Waals surface area contributed by atoms with Gasteiger partial charge in [-0.25, -0.2) is 9.97 Å². The average Bonchev–Trinajstić information content (AvgIpc) is 2.41. The monoisotopic (exact) mass is 422 g/mol. The Labute approximate surface area is 146 Å². The van der Waals surface area contributed by atoms with E-state index in [1.54, 1.807) is 0 Å². The summed E-state index contributed by atoms with van der Waals surface area (Å²) in [6.45, 7) is 9.19. The van der Waals surface area contributed by atoms with Crippen LogP contribution < -0.4 is 0 Å². The van der Waals surface area contributed by atoms with Gasteiger partial charge in [0.25, 0.3) is 0 Å². The molecular formula is C16H24ClIN2O. The van der Waals surface area contributed by atoms with Gasteiger partial charge in [-0.3, -0.25) is 0 Å². The fraction of sp³-hybridized carbons (Fsp3) is 0.750. The second kappa shape index (κ2) is 6.67. The first-order valence-corrected chi connectivity index (χ1v) is 9.14. The van der Waals surface area contributed by atoms with Gasteiger partial charge in [0.1, 0.15) is 10.8 Å². The molecule has 0 radical (unpaired) electrons. The van der Waals surface area contributed by atoms with Gasteiger partial charge >= 0.3 is 0 Å². The molecule has 1 aliphatic rings. The van der Waals surface area contributed by atoms with Gasteiger partial charge in [-0.1, -0.05) is 51.6 Å². The standard InChI is InChI=1S/C16H24ClIN2O/c1-5-21-16(9-7-6-8-10-16)14-19-12(15(2,3)4)11(18)13(17)20-14/h5-10H2,1-4H3. The molecule has 2 rings (SSSR count). The lowest BCUT2D eigenvalue weighted by Crippen LogP contribution is -2.35. The molecular weight excluding hydrogens is 399 g/mol. The minimum absolute atomic E-state index is 0.0556. The van der Waals surface area contributed by atoms with Crippen molar-refractivity contribution in [2.45, 2.75) is 70.8 Å². The SMILES string of the molecule is CCOC1(c2nc(Cl)c(I)c(C(C)(C)C)n2)CCCCC1. The quantitative estimate of drug-likeness (QED) is 0.494. The molecule has 1 fully saturated rings. The summed E-state index contributed by atoms with van der Waals surface area (Å²) in [5, 5.41) is 0.551. The molecule has 1 aliphatic carbocycles. The Morgan fingerprint density at radius 1 is 1.19 bits per heavy atom. The minimum Gasteiger partial charge on any atom is -0.367 e. The van der Waals surface area contributed by atoms with Crippen LogP contribution in [0.25, 0.3) is 0 Å². The van der Waals surface area contributed by atoms with E-state index in [1.807, 2.05) is 6.92 Å². The minimum atomic E-state index is -0.346. The van der Waals surface area contributed by atoms with Crippen LogP contribution in [-0.4, -0.2) is 16.6 Å². The highest BCUT2D eigenvalue weighted by Gasteiger charge is 2.39. The first-order valence-electron chi connectivity index (χ1n) is 7.68. The summed E-state index contributed by atoms with van der Waals surface area (Å²) in [5.74, 6) is 0.777. The van der Waals surface area contributed by atoms with E-state index >= 15 is 0 Å². The Hall–Kier alpha value is 0.0600. The maximum absolute atomic E-state index is 6.39. The lowest BCUT2D eigenvalue weighted by molar-refractivity contribution is -0.0769. The first-order chi connectivity index (χ1) is 9.80. The Balaban J connectivity index is 2.53. The lowest BCUT2D eigenvalue weighted by atomic mass is 9.83. The van der Waals surface area contributed by atoms with Gasteiger partial charge in [0.15, 0.2) is 5.82 Å². The molecule has 118 valence electrons. The summed E-state index contributed by atoms with van der Waals surface area (Å²) in [5.41, 5.74) is 0.615. The number of rotatable bonds is 3. The number of hydrogen-bond donors (Lipinski definition) is 0. The number of aromatic nitrogens is 2. The molecule has 0 amide bonds. The molecule has 3 nitrogen and oxygen atoms in total. The molecule has 0 bridgehead atoms. The van der Waals surface area contributed by atoms with Crippen LogP contribution in [-0.2, 0) is 15.8 Å². The van der Waals surface area contributed by atoms with E-state index in [4.69, 9.17) is 21.3 Å². The molecule has 1 aromatic rings. The predicted molar refractivity (Wildman–Crippen MR) is 94.8 cm³/mol. The largest absolute Gasteiger partial charge is 0.367 e. The van der Waals surface area contributed by atoms with Crippen LogP contribution in [0.3, 0.4) is 0 Å². The van der Waals surface area contributed by atoms with E-state index in [0.29, 0.717) is 11.8 Å². The lowest BCUT2D eigenvalue weighted by Gasteiger charge is -2.36. The molecule has 1 aromatic heterocycles. The van der Waals surface area contributed by atoms with Crippen LogP contribution in [0.1, 0.15) is 71.3 Å². The molecule has 5 heteroatoms. The van der Waals surface area contributed by atoms with Crippen molar-refractivity contribution in [2.24, 2.45) is 0 Å². The van der Waals surface area contributed by atoms with Gasteiger partial charge in [0, 0.05) is 12.0 Å². The molecule has 0 N–H and O–H groups in total. The maximum atomic E-state index is 6.39. The van der Waals surface area contributed by atoms with Gasteiger partial charge in [-0.05, 0) is 42.4 Å². The van der Waals surface area contributed by atoms with Crippen LogP contribution in [0.4, 0.5) is 0 Å². The molecule has 1 saturated carbocycles. The zero-order valence-corrected chi connectivity index (χ0v) is 16.2. The van der Waals surface area contributed by atoms with E-state index in [0.717, 1.165) is 40.8 Å². The molecule has 0 aromatic carbocycles. The van der Waals surface area contributed by atoms with E-state index in [1.165, 1.54) is 6.42 Å². The Bertz CT molecular complexity index is 502. The third-order valence-electron chi connectivity index (χ3n) is 4.01. The Kier molecular flexibility index (Phi) is 5.53. The normalized spacial score (nSPS) is 18.8. The van der Waals surface area contributed by atoms with Crippen molar-refractivity contribution >= 4 is 34.2 Å². The van der Waals surface area contributed by atoms with Crippen molar-refractivity contribution in [3.8, 4) is 0 Å². The summed E-state index contributed by atoms with van der Waals surface area (Å²) in [4.78, 5) is 9.47. The Morgan fingerprint density at radius 3 is 2.33 bits per heavy atom. The second-order valence-electron chi connectivity index (χ2n) is 6.74. The van der Waals surface area contributed by atoms with E-state index in [-0.39, 0.29) is 11.0 Å². The van der Waals surface area contributed by atoms with E-state index in [9.17, 15) is 0 Å². The summed E-state index contributed by atoms with van der Waals surface area (Å²) in [6, 6.07) is 0. The highest BCUT2D eigenvalue weighted by molar-refractivity contribution is 14.1. The maximum Gasteiger partial charge on any atom is 0.162 e. The van der Waals surface area contributed by atoms with Gasteiger partial charge in [0.05, 0.1) is 9.26 Å². The molecule has 0 unspecified atom stereocenters. The first kappa shape index (κ1) is 17.4. The summed E-state index contributed by atoms with van der Waals surface area (Å²) >= 11 is 8.64. The van der Waals surface area contributed by atoms with Crippen molar-refractivity contribution in [2.75, 3.05) is 6.61 Å². The predicted octanol–water partition coefficient (Wildman–Crippen LogP) is 5.23. The Morgan fingerprint density at radius 2 is 1.81 bits per heavy atom. The highest BCUT2D eigenvalue weighted by atomic mass is 127. The third-order valence-corrected chi connectivity index (χ3v) is 5.62. The zero-order valence-electron chi connectivity index (χ0n) is 13.3. The molecule has 1 heterocycles. The topological polar surface area (TPSA) is 35.0 Å². The molecule has 0 aliphatic heterocycles. The highest BCUT2D eigenvalue weighted by Crippen LogP contribution is 2.41. The number of hydrogen-bond acceptors (Lipinski definition) is 3. The summed E-state index contributed by atoms with van der Waals surface area (Å²) in [7, 11) is 0. The van der Waals surface area contributed by atoms with Gasteiger partial charge in [0.2, 0.25) is 0 Å². The zero-order chi connectivity index (χ0) is 15.7. The second-order valence-corrected chi connectivity index (χ2v) is 8.18. The van der Waals surface area contributed by atoms with Crippen LogP contribution in [0.2, 0.25) is 5.15 Å². The van der Waals surface area contributed by atoms with Crippen molar-refractivity contribution in [3.63, 3.8) is 0 Å². The van der Waals surface area contributed by atoms with E-state index < -0.39 is 0 Å². The van der Waals surface area contributed by atoms with Gasteiger partial charge in [-0.15, -0.1) is 0 Å². The van der Waals surface area contributed by atoms with E-state index in [2.05, 4.69) is 48.3 Å². The smallest absolute Gasteiger partial charge is 0.162 e. The molecule has 0 spiro atoms. The summed E-state index contributed by atoms with van der Waals surface area (Å²) in [6.07, 6.45) is 5.57. The van der Waals surface area contributed by atoms with Gasteiger partial charge < -0.3 is 4.74 Å². The van der Waals surface area contributed by atoms with Crippen LogP contribution in [0, 0.1) is 3.57 Å². The van der Waals surface area contributed by atoms with Gasteiger partial charge in [-0.2, -0.15) is 0 Å². The summed E-state index contributed by atoms with van der Waals surface area (Å²) < 4.78 is 7.08. The van der Waals surface area contributed by atoms with Crippen molar-refractivity contribution in [1.82, 2.24) is 9.97 Å². The molecule has 0 atom stereocenters. The van der Waals surface area contributed by atoms with Crippen LogP contribution in [0.5, 0.6) is 0 Å².